The van der Waals surface area contributed by atoms with Crippen LogP contribution in [0.5, 0.6) is 0 Å². The molecule has 2 aromatic carbocycles. The van der Waals surface area contributed by atoms with E-state index in [9.17, 15) is 18.0 Å². The second kappa shape index (κ2) is 10.4. The maximum atomic E-state index is 13.5. The number of hydrogen-bond acceptors (Lipinski definition) is 5. The molecule has 2 heterocycles. The average Bonchev–Trinajstić information content (AvgIpc) is 3.44. The number of hydrogen-bond donors (Lipinski definition) is 3. The average molecular weight is 523 g/mol. The third kappa shape index (κ3) is 5.65. The summed E-state index contributed by atoms with van der Waals surface area (Å²) in [6, 6.07) is 13.3. The molecule has 0 saturated heterocycles. The number of rotatable bonds is 6. The van der Waals surface area contributed by atoms with Gasteiger partial charge in [0, 0.05) is 40.8 Å². The van der Waals surface area contributed by atoms with E-state index in [0.29, 0.717) is 28.6 Å². The fourth-order valence-corrected chi connectivity index (χ4v) is 5.06. The largest absolute Gasteiger partial charge is 0.433 e. The molecule has 0 radical (unpaired) electrons. The van der Waals surface area contributed by atoms with Crippen LogP contribution >= 0.6 is 0 Å². The normalized spacial score (nSPS) is 18.8. The van der Waals surface area contributed by atoms with E-state index >= 15 is 0 Å². The minimum Gasteiger partial charge on any atom is -0.382 e. The minimum atomic E-state index is -4.55. The summed E-state index contributed by atoms with van der Waals surface area (Å²) in [5.74, 6) is -0.289. The topological polar surface area (TPSA) is 97.9 Å². The second-order valence-electron chi connectivity index (χ2n) is 9.86. The number of halogens is 3. The van der Waals surface area contributed by atoms with Gasteiger partial charge in [-0.2, -0.15) is 13.2 Å². The van der Waals surface area contributed by atoms with Crippen molar-refractivity contribution in [2.75, 3.05) is 5.32 Å². The Balaban J connectivity index is 1.27. The first-order chi connectivity index (χ1) is 18.2. The maximum absolute atomic E-state index is 13.5. The zero-order chi connectivity index (χ0) is 26.9. The molecule has 1 saturated carbocycles. The van der Waals surface area contributed by atoms with Gasteiger partial charge in [0.25, 0.3) is 5.91 Å². The van der Waals surface area contributed by atoms with E-state index in [0.717, 1.165) is 36.6 Å². The van der Waals surface area contributed by atoms with Crippen molar-refractivity contribution in [3.63, 3.8) is 0 Å². The van der Waals surface area contributed by atoms with Gasteiger partial charge in [-0.15, -0.1) is 0 Å². The van der Waals surface area contributed by atoms with Crippen molar-refractivity contribution in [3.8, 4) is 5.69 Å². The number of imidazole rings is 1. The van der Waals surface area contributed by atoms with Crippen LogP contribution in [0.25, 0.3) is 16.6 Å². The standard InChI is InChI=1S/C28H29F3N6O/c1-17-5-10-23-22(13-17)24(15-25(35-23)28(29,30)31)34-20-4-2-3-19(14-20)26(32)36-27(38)18-6-8-21(9-7-18)37-12-11-33-16-37/h5-13,15-16,19-20,26H,2-4,14,32H2,1H3,(H,34,35)(H,36,38)/t19?,20-,26?/m0/s1. The molecule has 1 amide bonds. The van der Waals surface area contributed by atoms with Gasteiger partial charge in [0.1, 0.15) is 5.69 Å². The number of nitrogens with two attached hydrogens (primary N) is 1. The second-order valence-corrected chi connectivity index (χ2v) is 9.86. The van der Waals surface area contributed by atoms with E-state index < -0.39 is 18.0 Å². The number of nitrogens with zero attached hydrogens (tertiary/aromatic N) is 3. The summed E-state index contributed by atoms with van der Waals surface area (Å²) in [4.78, 5) is 20.7. The smallest absolute Gasteiger partial charge is 0.382 e. The molecule has 0 aliphatic heterocycles. The number of nitrogens with one attached hydrogen (secondary N) is 2. The number of pyridine rings is 1. The van der Waals surface area contributed by atoms with Crippen LogP contribution in [0.15, 0.2) is 67.3 Å². The Kier molecular flexibility index (Phi) is 7.07. The van der Waals surface area contributed by atoms with Crippen LogP contribution in [-0.4, -0.2) is 32.6 Å². The molecule has 2 aromatic heterocycles. The monoisotopic (exact) mass is 522 g/mol. The Morgan fingerprint density at radius 1 is 1.13 bits per heavy atom. The third-order valence-corrected chi connectivity index (χ3v) is 7.07. The Bertz CT molecular complexity index is 1420. The number of aryl methyl sites for hydroxylation is 1. The lowest BCUT2D eigenvalue weighted by Gasteiger charge is -2.34. The highest BCUT2D eigenvalue weighted by molar-refractivity contribution is 5.94. The molecular formula is C28H29F3N6O. The zero-order valence-electron chi connectivity index (χ0n) is 20.9. The van der Waals surface area contributed by atoms with Crippen molar-refractivity contribution in [3.05, 3.63) is 84.1 Å². The summed E-state index contributed by atoms with van der Waals surface area (Å²) in [6.07, 6.45) is 3.14. The predicted octanol–water partition coefficient (Wildman–Crippen LogP) is 5.43. The fourth-order valence-electron chi connectivity index (χ4n) is 5.06. The van der Waals surface area contributed by atoms with Gasteiger partial charge < -0.3 is 20.9 Å². The molecular weight excluding hydrogens is 493 g/mol. The van der Waals surface area contributed by atoms with Gasteiger partial charge >= 0.3 is 6.18 Å². The highest BCUT2D eigenvalue weighted by Gasteiger charge is 2.34. The number of anilines is 1. The number of amides is 1. The highest BCUT2D eigenvalue weighted by atomic mass is 19.4. The van der Waals surface area contributed by atoms with Crippen molar-refractivity contribution < 1.29 is 18.0 Å². The van der Waals surface area contributed by atoms with Crippen molar-refractivity contribution in [1.82, 2.24) is 19.9 Å². The Hall–Kier alpha value is -3.92. The van der Waals surface area contributed by atoms with Gasteiger partial charge in [0.05, 0.1) is 18.0 Å². The molecule has 0 spiro atoms. The van der Waals surface area contributed by atoms with E-state index in [2.05, 4.69) is 20.6 Å². The first-order valence-electron chi connectivity index (χ1n) is 12.6. The van der Waals surface area contributed by atoms with Crippen LogP contribution in [0.2, 0.25) is 0 Å². The Labute approximate surface area is 218 Å². The number of carbonyl (C=O) groups excluding carboxylic acids is 1. The lowest BCUT2D eigenvalue weighted by Crippen LogP contribution is -2.49. The molecule has 3 atom stereocenters. The van der Waals surface area contributed by atoms with Gasteiger partial charge in [0.15, 0.2) is 0 Å². The summed E-state index contributed by atoms with van der Waals surface area (Å²) in [6.45, 7) is 1.89. The highest BCUT2D eigenvalue weighted by Crippen LogP contribution is 2.35. The molecule has 1 aliphatic rings. The molecule has 1 fully saturated rings. The summed E-state index contributed by atoms with van der Waals surface area (Å²) >= 11 is 0. The molecule has 10 heteroatoms. The molecule has 1 aliphatic carbocycles. The lowest BCUT2D eigenvalue weighted by atomic mass is 9.83. The van der Waals surface area contributed by atoms with Crippen LogP contribution in [0.1, 0.15) is 47.3 Å². The van der Waals surface area contributed by atoms with Crippen LogP contribution in [-0.2, 0) is 6.18 Å². The summed E-state index contributed by atoms with van der Waals surface area (Å²) in [5.41, 5.74) is 8.51. The lowest BCUT2D eigenvalue weighted by molar-refractivity contribution is -0.140. The molecule has 5 rings (SSSR count). The van der Waals surface area contributed by atoms with Crippen LogP contribution in [0, 0.1) is 12.8 Å². The van der Waals surface area contributed by atoms with Crippen LogP contribution in [0.4, 0.5) is 18.9 Å². The van der Waals surface area contributed by atoms with E-state index in [1.807, 2.05) is 35.9 Å². The molecule has 7 nitrogen and oxygen atoms in total. The summed E-state index contributed by atoms with van der Waals surface area (Å²) < 4.78 is 42.4. The maximum Gasteiger partial charge on any atom is 0.433 e. The molecule has 4 aromatic rings. The van der Waals surface area contributed by atoms with Gasteiger partial charge in [0.2, 0.25) is 0 Å². The van der Waals surface area contributed by atoms with Gasteiger partial charge in [-0.3, -0.25) is 4.79 Å². The molecule has 198 valence electrons. The summed E-state index contributed by atoms with van der Waals surface area (Å²) in [5, 5.41) is 6.89. The van der Waals surface area contributed by atoms with Crippen LogP contribution < -0.4 is 16.4 Å². The van der Waals surface area contributed by atoms with E-state index in [1.165, 1.54) is 0 Å². The van der Waals surface area contributed by atoms with Gasteiger partial charge in [-0.05, 0) is 74.6 Å². The molecule has 4 N–H and O–H groups in total. The minimum absolute atomic E-state index is 0.0210. The number of alkyl halides is 3. The number of carbonyl (C=O) groups is 1. The predicted molar refractivity (Wildman–Crippen MR) is 140 cm³/mol. The third-order valence-electron chi connectivity index (χ3n) is 7.07. The SMILES string of the molecule is Cc1ccc2nc(C(F)(F)F)cc(N[C@H]3CCCC(C(N)NC(=O)c4ccc(-n5ccnc5)cc4)C3)c2c1. The first kappa shape index (κ1) is 25.7. The number of benzene rings is 2. The Morgan fingerprint density at radius 3 is 2.63 bits per heavy atom. The van der Waals surface area contributed by atoms with Gasteiger partial charge in [-0.1, -0.05) is 18.1 Å². The molecule has 0 bridgehead atoms. The molecule has 2 unspecified atom stereocenters. The van der Waals surface area contributed by atoms with Crippen molar-refractivity contribution >= 4 is 22.5 Å². The van der Waals surface area contributed by atoms with E-state index in [-0.39, 0.29) is 17.9 Å². The number of fused-ring (bicyclic) bond motifs is 1. The van der Waals surface area contributed by atoms with E-state index in [1.54, 1.807) is 36.8 Å². The van der Waals surface area contributed by atoms with Crippen molar-refractivity contribution in [1.29, 1.82) is 0 Å². The summed E-state index contributed by atoms with van der Waals surface area (Å²) in [7, 11) is 0. The van der Waals surface area contributed by atoms with E-state index in [4.69, 9.17) is 5.73 Å². The van der Waals surface area contributed by atoms with Crippen LogP contribution in [0.3, 0.4) is 0 Å². The quantitative estimate of drug-likeness (QED) is 0.293. The van der Waals surface area contributed by atoms with Crippen molar-refractivity contribution in [2.45, 2.75) is 51.0 Å². The van der Waals surface area contributed by atoms with Gasteiger partial charge in [-0.25, -0.2) is 9.97 Å². The molecule has 38 heavy (non-hydrogen) atoms. The first-order valence-corrected chi connectivity index (χ1v) is 12.6. The number of aromatic nitrogens is 3. The van der Waals surface area contributed by atoms with Crippen molar-refractivity contribution in [2.24, 2.45) is 11.7 Å². The zero-order valence-corrected chi connectivity index (χ0v) is 20.9. The fraction of sp³-hybridized carbons (Fsp3) is 0.321. The Morgan fingerprint density at radius 2 is 1.92 bits per heavy atom.